The number of hydrogen-bond acceptors (Lipinski definition) is 5. The largest absolute Gasteiger partial charge is 0.469 e. The number of aliphatic hydroxyl groups is 1. The number of fused-ring (bicyclic) bond motifs is 1. The fourth-order valence-electron chi connectivity index (χ4n) is 3.82. The van der Waals surface area contributed by atoms with Crippen LogP contribution in [0.3, 0.4) is 0 Å². The number of ether oxygens (including phenoxy) is 1. The third-order valence-corrected chi connectivity index (χ3v) is 7.42. The topological polar surface area (TPSA) is 66.8 Å². The highest BCUT2D eigenvalue weighted by Gasteiger charge is 2.28. The van der Waals surface area contributed by atoms with Crippen molar-refractivity contribution in [2.24, 2.45) is 0 Å². The Labute approximate surface area is 198 Å². The first-order chi connectivity index (χ1) is 15.5. The zero-order valence-corrected chi connectivity index (χ0v) is 19.9. The Morgan fingerprint density at radius 2 is 2.19 bits per heavy atom. The second kappa shape index (κ2) is 12.2. The van der Waals surface area contributed by atoms with Crippen LogP contribution in [0.5, 0.6) is 0 Å². The highest BCUT2D eigenvalue weighted by atomic mass is 35.5. The van der Waals surface area contributed by atoms with Crippen LogP contribution in [0.1, 0.15) is 43.4 Å². The van der Waals surface area contributed by atoms with E-state index in [2.05, 4.69) is 10.8 Å². The SMILES string of the molecule is COC(=O)CCC/C=C\CN1C(=O)CC[C@@H]1/C=C/C(O)CCc1sc2ccccc2c1Cl. The smallest absolute Gasteiger partial charge is 0.305 e. The Morgan fingerprint density at radius 3 is 2.97 bits per heavy atom. The summed E-state index contributed by atoms with van der Waals surface area (Å²) >= 11 is 8.17. The number of methoxy groups -OCH3 is 1. The highest BCUT2D eigenvalue weighted by molar-refractivity contribution is 7.19. The molecule has 1 fully saturated rings. The van der Waals surface area contributed by atoms with Gasteiger partial charge in [0.1, 0.15) is 0 Å². The first-order valence-electron chi connectivity index (χ1n) is 11.0. The number of carbonyl (C=O) groups is 2. The third kappa shape index (κ3) is 6.67. The lowest BCUT2D eigenvalue weighted by atomic mass is 10.1. The van der Waals surface area contributed by atoms with Gasteiger partial charge in [0, 0.05) is 34.3 Å². The maximum atomic E-state index is 12.2. The van der Waals surface area contributed by atoms with Crippen LogP contribution in [0, 0.1) is 0 Å². The average Bonchev–Trinajstić information content (AvgIpc) is 3.32. The number of esters is 1. The molecule has 0 radical (unpaired) electrons. The highest BCUT2D eigenvalue weighted by Crippen LogP contribution is 2.36. The van der Waals surface area contributed by atoms with E-state index >= 15 is 0 Å². The molecule has 172 valence electrons. The van der Waals surface area contributed by atoms with Crippen molar-refractivity contribution in [1.29, 1.82) is 0 Å². The molecule has 1 aromatic carbocycles. The molecule has 1 saturated heterocycles. The van der Waals surface area contributed by atoms with Gasteiger partial charge in [-0.25, -0.2) is 0 Å². The molecular weight excluding hydrogens is 446 g/mol. The van der Waals surface area contributed by atoms with Crippen molar-refractivity contribution in [2.75, 3.05) is 13.7 Å². The van der Waals surface area contributed by atoms with Gasteiger partial charge < -0.3 is 14.7 Å². The van der Waals surface area contributed by atoms with Crippen LogP contribution >= 0.6 is 22.9 Å². The normalized spacial score (nSPS) is 17.8. The summed E-state index contributed by atoms with van der Waals surface area (Å²) in [5.41, 5.74) is 0. The van der Waals surface area contributed by atoms with Gasteiger partial charge in [-0.2, -0.15) is 0 Å². The van der Waals surface area contributed by atoms with Crippen LogP contribution < -0.4 is 0 Å². The molecule has 32 heavy (non-hydrogen) atoms. The molecule has 3 rings (SSSR count). The van der Waals surface area contributed by atoms with E-state index in [9.17, 15) is 14.7 Å². The van der Waals surface area contributed by atoms with E-state index < -0.39 is 6.10 Å². The minimum atomic E-state index is -0.581. The second-order valence-electron chi connectivity index (χ2n) is 7.92. The van der Waals surface area contributed by atoms with Crippen molar-refractivity contribution >= 4 is 44.9 Å². The van der Waals surface area contributed by atoms with E-state index in [1.54, 1.807) is 17.4 Å². The number of rotatable bonds is 11. The molecule has 2 heterocycles. The van der Waals surface area contributed by atoms with Gasteiger partial charge in [-0.3, -0.25) is 9.59 Å². The summed E-state index contributed by atoms with van der Waals surface area (Å²) < 4.78 is 5.79. The predicted molar refractivity (Wildman–Crippen MR) is 130 cm³/mol. The number of amides is 1. The van der Waals surface area contributed by atoms with Crippen LogP contribution in [-0.2, 0) is 20.7 Å². The van der Waals surface area contributed by atoms with Crippen LogP contribution in [0.4, 0.5) is 0 Å². The van der Waals surface area contributed by atoms with Crippen LogP contribution in [0.15, 0.2) is 48.6 Å². The maximum absolute atomic E-state index is 12.2. The summed E-state index contributed by atoms with van der Waals surface area (Å²) in [6, 6.07) is 8.07. The van der Waals surface area contributed by atoms with E-state index in [4.69, 9.17) is 11.6 Å². The lowest BCUT2D eigenvalue weighted by molar-refractivity contribution is -0.140. The van der Waals surface area contributed by atoms with Gasteiger partial charge in [0.25, 0.3) is 0 Å². The van der Waals surface area contributed by atoms with Gasteiger partial charge in [0.05, 0.1) is 24.3 Å². The number of likely N-dealkylation sites (tertiary alicyclic amines) is 1. The second-order valence-corrected chi connectivity index (χ2v) is 9.43. The lowest BCUT2D eigenvalue weighted by Gasteiger charge is -2.21. The van der Waals surface area contributed by atoms with Gasteiger partial charge >= 0.3 is 5.97 Å². The van der Waals surface area contributed by atoms with Gasteiger partial charge in [-0.05, 0) is 38.2 Å². The molecule has 1 aliphatic rings. The molecule has 1 aromatic heterocycles. The Bertz CT molecular complexity index is 983. The maximum Gasteiger partial charge on any atom is 0.305 e. The molecule has 0 spiro atoms. The number of benzene rings is 1. The van der Waals surface area contributed by atoms with Crippen LogP contribution in [0.2, 0.25) is 5.02 Å². The Morgan fingerprint density at radius 1 is 1.38 bits per heavy atom. The molecule has 1 N–H and O–H groups in total. The van der Waals surface area contributed by atoms with E-state index in [0.717, 1.165) is 39.2 Å². The van der Waals surface area contributed by atoms with Crippen LogP contribution in [-0.4, -0.2) is 47.7 Å². The molecule has 1 amide bonds. The average molecular weight is 476 g/mol. The van der Waals surface area contributed by atoms with E-state index in [-0.39, 0.29) is 17.9 Å². The van der Waals surface area contributed by atoms with Crippen molar-refractivity contribution < 1.29 is 19.4 Å². The Hall–Kier alpha value is -2.15. The molecule has 2 aromatic rings. The fraction of sp³-hybridized carbons (Fsp3) is 0.440. The van der Waals surface area contributed by atoms with Crippen LogP contribution in [0.25, 0.3) is 10.1 Å². The number of aliphatic hydroxyl groups excluding tert-OH is 1. The molecular formula is C25H30ClNO4S. The van der Waals surface area contributed by atoms with E-state index in [1.165, 1.54) is 7.11 Å². The summed E-state index contributed by atoms with van der Waals surface area (Å²) in [5, 5.41) is 12.3. The standard InChI is InChI=1S/C25H30ClNO4S/c1-31-24(30)10-4-2-3-7-17-27-18(12-16-23(27)29)11-13-19(28)14-15-22-25(26)20-8-5-6-9-21(20)32-22/h3,5-9,11,13,18-19,28H,2,4,10,12,14-17H2,1H3/b7-3-,13-11+/t18-,19?/m0/s1. The van der Waals surface area contributed by atoms with Crippen molar-refractivity contribution in [3.05, 3.63) is 58.5 Å². The number of unbranched alkanes of at least 4 members (excludes halogenated alkanes) is 1. The molecule has 5 nitrogen and oxygen atoms in total. The number of hydrogen-bond donors (Lipinski definition) is 1. The fourth-order valence-corrected chi connectivity index (χ4v) is 5.37. The number of thiophene rings is 1. The third-order valence-electron chi connectivity index (χ3n) is 5.65. The number of allylic oxidation sites excluding steroid dienone is 1. The number of halogens is 1. The molecule has 0 aliphatic carbocycles. The minimum absolute atomic E-state index is 0.00443. The predicted octanol–water partition coefficient (Wildman–Crippen LogP) is 5.29. The number of carbonyl (C=O) groups excluding carboxylic acids is 2. The molecule has 1 unspecified atom stereocenters. The van der Waals surface area contributed by atoms with Gasteiger partial charge in [-0.15, -0.1) is 11.3 Å². The summed E-state index contributed by atoms with van der Waals surface area (Å²) in [6.07, 6.45) is 11.6. The van der Waals surface area contributed by atoms with Gasteiger partial charge in [-0.1, -0.05) is 54.1 Å². The zero-order chi connectivity index (χ0) is 22.9. The van der Waals surface area contributed by atoms with Crippen molar-refractivity contribution in [2.45, 2.75) is 57.1 Å². The van der Waals surface area contributed by atoms with Crippen molar-refractivity contribution in [1.82, 2.24) is 4.90 Å². The number of nitrogens with zero attached hydrogens (tertiary/aromatic N) is 1. The Kier molecular flexibility index (Phi) is 9.33. The molecule has 2 atom stereocenters. The lowest BCUT2D eigenvalue weighted by Crippen LogP contribution is -2.32. The van der Waals surface area contributed by atoms with Crippen molar-refractivity contribution in [3.8, 4) is 0 Å². The summed E-state index contributed by atoms with van der Waals surface area (Å²) in [5.74, 6) is -0.0723. The van der Waals surface area contributed by atoms with E-state index in [0.29, 0.717) is 32.2 Å². The minimum Gasteiger partial charge on any atom is -0.469 e. The monoisotopic (exact) mass is 475 g/mol. The molecule has 0 bridgehead atoms. The first kappa shape index (κ1) is 24.5. The summed E-state index contributed by atoms with van der Waals surface area (Å²) in [6.45, 7) is 0.541. The first-order valence-corrected chi connectivity index (χ1v) is 12.2. The zero-order valence-electron chi connectivity index (χ0n) is 18.3. The van der Waals surface area contributed by atoms with Gasteiger partial charge in [0.2, 0.25) is 5.91 Å². The number of aryl methyl sites for hydroxylation is 1. The quantitative estimate of drug-likeness (QED) is 0.272. The van der Waals surface area contributed by atoms with Crippen molar-refractivity contribution in [3.63, 3.8) is 0 Å². The summed E-state index contributed by atoms with van der Waals surface area (Å²) in [7, 11) is 1.39. The Balaban J connectivity index is 1.46. The molecule has 7 heteroatoms. The molecule has 1 aliphatic heterocycles. The summed E-state index contributed by atoms with van der Waals surface area (Å²) in [4.78, 5) is 26.3. The van der Waals surface area contributed by atoms with Gasteiger partial charge in [0.15, 0.2) is 0 Å². The van der Waals surface area contributed by atoms with E-state index in [1.807, 2.05) is 41.3 Å². The molecule has 0 saturated carbocycles.